The first-order chi connectivity index (χ1) is 11.6. The normalized spacial score (nSPS) is 35.2. The van der Waals surface area contributed by atoms with E-state index in [1.807, 2.05) is 6.07 Å². The van der Waals surface area contributed by atoms with Crippen LogP contribution in [0.15, 0.2) is 23.1 Å². The molecule has 0 aromatic heterocycles. The summed E-state index contributed by atoms with van der Waals surface area (Å²) in [6, 6.07) is 5.14. The summed E-state index contributed by atoms with van der Waals surface area (Å²) in [5, 5.41) is 3.22. The quantitative estimate of drug-likeness (QED) is 0.858. The van der Waals surface area contributed by atoms with Gasteiger partial charge < -0.3 is 11.1 Å². The zero-order chi connectivity index (χ0) is 16.7. The molecule has 3 nitrogen and oxygen atoms in total. The lowest BCUT2D eigenvalue weighted by Gasteiger charge is -2.43. The molecule has 4 rings (SSSR count). The highest BCUT2D eigenvalue weighted by Gasteiger charge is 2.41. The molecule has 0 radical (unpaired) electrons. The Kier molecular flexibility index (Phi) is 4.56. The van der Waals surface area contributed by atoms with Crippen LogP contribution in [0.2, 0.25) is 0 Å². The molecule has 1 amide bonds. The van der Waals surface area contributed by atoms with Gasteiger partial charge in [0, 0.05) is 22.6 Å². The van der Waals surface area contributed by atoms with Crippen molar-refractivity contribution < 1.29 is 9.18 Å². The molecule has 2 fully saturated rings. The number of nitrogens with two attached hydrogens (primary N) is 1. The first-order valence-corrected chi connectivity index (χ1v) is 10.1. The summed E-state index contributed by atoms with van der Waals surface area (Å²) in [4.78, 5) is 13.9. The van der Waals surface area contributed by atoms with Gasteiger partial charge in [0.15, 0.2) is 0 Å². The van der Waals surface area contributed by atoms with Gasteiger partial charge in [-0.3, -0.25) is 4.79 Å². The van der Waals surface area contributed by atoms with Gasteiger partial charge in [-0.25, -0.2) is 4.39 Å². The van der Waals surface area contributed by atoms with Crippen LogP contribution in [-0.4, -0.2) is 17.7 Å². The molecule has 1 aromatic carbocycles. The number of carbonyl (C=O) groups is 1. The summed E-state index contributed by atoms with van der Waals surface area (Å²) < 4.78 is 13.6. The SMILES string of the molecule is NC1C2CCCC1CC(C(=O)NC1CCSc3ccc(F)cc31)C2. The van der Waals surface area contributed by atoms with E-state index in [1.54, 1.807) is 17.8 Å². The number of amides is 1. The Labute approximate surface area is 146 Å². The molecule has 2 bridgehead atoms. The van der Waals surface area contributed by atoms with Crippen LogP contribution in [-0.2, 0) is 4.79 Å². The van der Waals surface area contributed by atoms with Crippen molar-refractivity contribution in [3.05, 3.63) is 29.6 Å². The van der Waals surface area contributed by atoms with Gasteiger partial charge in [0.1, 0.15) is 5.82 Å². The molecule has 1 aromatic rings. The molecule has 3 aliphatic rings. The molecule has 3 N–H and O–H groups in total. The number of halogens is 1. The lowest BCUT2D eigenvalue weighted by molar-refractivity contribution is -0.128. The van der Waals surface area contributed by atoms with Crippen molar-refractivity contribution in [2.24, 2.45) is 23.5 Å². The van der Waals surface area contributed by atoms with Gasteiger partial charge in [-0.05, 0) is 67.7 Å². The van der Waals surface area contributed by atoms with E-state index in [1.165, 1.54) is 12.5 Å². The topological polar surface area (TPSA) is 55.1 Å². The predicted molar refractivity (Wildman–Crippen MR) is 94.2 cm³/mol. The lowest BCUT2D eigenvalue weighted by atomic mass is 9.65. The second-order valence-electron chi connectivity index (χ2n) is 7.58. The summed E-state index contributed by atoms with van der Waals surface area (Å²) >= 11 is 1.74. The molecule has 3 atom stereocenters. The highest BCUT2D eigenvalue weighted by molar-refractivity contribution is 7.99. The van der Waals surface area contributed by atoms with E-state index in [4.69, 9.17) is 5.73 Å². The average molecular weight is 348 g/mol. The van der Waals surface area contributed by atoms with Crippen LogP contribution in [0, 0.1) is 23.6 Å². The van der Waals surface area contributed by atoms with Crippen LogP contribution in [0.1, 0.15) is 50.1 Å². The molecule has 2 aliphatic carbocycles. The Morgan fingerprint density at radius 2 is 1.96 bits per heavy atom. The van der Waals surface area contributed by atoms with Gasteiger partial charge in [-0.2, -0.15) is 0 Å². The number of thioether (sulfide) groups is 1. The van der Waals surface area contributed by atoms with E-state index in [0.29, 0.717) is 11.8 Å². The Hall–Kier alpha value is -1.07. The van der Waals surface area contributed by atoms with Crippen LogP contribution in [0.25, 0.3) is 0 Å². The van der Waals surface area contributed by atoms with E-state index >= 15 is 0 Å². The fraction of sp³-hybridized carbons (Fsp3) is 0.632. The summed E-state index contributed by atoms with van der Waals surface area (Å²) in [5.74, 6) is 1.95. The van der Waals surface area contributed by atoms with E-state index in [-0.39, 0.29) is 29.7 Å². The first-order valence-electron chi connectivity index (χ1n) is 9.10. The van der Waals surface area contributed by atoms with Crippen molar-refractivity contribution in [2.75, 3.05) is 5.75 Å². The summed E-state index contributed by atoms with van der Waals surface area (Å²) in [6.45, 7) is 0. The fourth-order valence-electron chi connectivity index (χ4n) is 4.81. The van der Waals surface area contributed by atoms with Crippen molar-refractivity contribution in [1.29, 1.82) is 0 Å². The number of benzene rings is 1. The van der Waals surface area contributed by atoms with Crippen molar-refractivity contribution in [3.8, 4) is 0 Å². The Balaban J connectivity index is 1.47. The molecule has 1 aliphatic heterocycles. The van der Waals surface area contributed by atoms with Gasteiger partial charge in [-0.1, -0.05) is 6.42 Å². The molecule has 24 heavy (non-hydrogen) atoms. The minimum absolute atomic E-state index is 0.0557. The second kappa shape index (κ2) is 6.68. The second-order valence-corrected chi connectivity index (χ2v) is 8.71. The molecular formula is C19H25FN2OS. The number of hydrogen-bond donors (Lipinski definition) is 2. The predicted octanol–water partition coefficient (Wildman–Crippen LogP) is 3.63. The van der Waals surface area contributed by atoms with Crippen molar-refractivity contribution in [1.82, 2.24) is 5.32 Å². The summed E-state index contributed by atoms with van der Waals surface area (Å²) in [5.41, 5.74) is 7.27. The molecule has 1 heterocycles. The minimum Gasteiger partial charge on any atom is -0.349 e. The third kappa shape index (κ3) is 3.08. The first kappa shape index (κ1) is 16.4. The van der Waals surface area contributed by atoms with Crippen LogP contribution in [0.3, 0.4) is 0 Å². The van der Waals surface area contributed by atoms with Crippen molar-refractivity contribution >= 4 is 17.7 Å². The zero-order valence-corrected chi connectivity index (χ0v) is 14.7. The Morgan fingerprint density at radius 1 is 1.21 bits per heavy atom. The molecule has 0 saturated heterocycles. The van der Waals surface area contributed by atoms with Crippen LogP contribution < -0.4 is 11.1 Å². The zero-order valence-electron chi connectivity index (χ0n) is 13.8. The van der Waals surface area contributed by atoms with Gasteiger partial charge >= 0.3 is 0 Å². The van der Waals surface area contributed by atoms with Crippen molar-refractivity contribution in [3.63, 3.8) is 0 Å². The average Bonchev–Trinajstić information content (AvgIpc) is 2.55. The third-order valence-corrected chi connectivity index (χ3v) is 7.23. The van der Waals surface area contributed by atoms with E-state index < -0.39 is 0 Å². The van der Waals surface area contributed by atoms with E-state index in [2.05, 4.69) is 5.32 Å². The standard InChI is InChI=1S/C19H25FN2OS/c20-14-4-5-17-15(10-14)16(6-7-24-17)22-19(23)13-8-11-2-1-3-12(9-13)18(11)21/h4-5,10-13,16,18H,1-3,6-9,21H2,(H,22,23). The molecule has 2 saturated carbocycles. The molecule has 0 spiro atoms. The number of fused-ring (bicyclic) bond motifs is 3. The highest BCUT2D eigenvalue weighted by Crippen LogP contribution is 2.42. The molecular weight excluding hydrogens is 323 g/mol. The van der Waals surface area contributed by atoms with Crippen LogP contribution >= 0.6 is 11.8 Å². The van der Waals surface area contributed by atoms with Crippen LogP contribution in [0.5, 0.6) is 0 Å². The number of rotatable bonds is 2. The maximum absolute atomic E-state index is 13.6. The lowest BCUT2D eigenvalue weighted by Crippen LogP contribution is -2.49. The number of hydrogen-bond acceptors (Lipinski definition) is 3. The highest BCUT2D eigenvalue weighted by atomic mass is 32.2. The van der Waals surface area contributed by atoms with Gasteiger partial charge in [0.05, 0.1) is 6.04 Å². The summed E-state index contributed by atoms with van der Waals surface area (Å²) in [7, 11) is 0. The molecule has 130 valence electrons. The van der Waals surface area contributed by atoms with Crippen LogP contribution in [0.4, 0.5) is 4.39 Å². The van der Waals surface area contributed by atoms with Gasteiger partial charge in [0.25, 0.3) is 0 Å². The Morgan fingerprint density at radius 3 is 2.71 bits per heavy atom. The minimum atomic E-state index is -0.228. The fourth-order valence-corrected chi connectivity index (χ4v) is 5.91. The smallest absolute Gasteiger partial charge is 0.223 e. The molecule has 5 heteroatoms. The number of carbonyl (C=O) groups excluding carboxylic acids is 1. The monoisotopic (exact) mass is 348 g/mol. The summed E-state index contributed by atoms with van der Waals surface area (Å²) in [6.07, 6.45) is 6.28. The maximum Gasteiger partial charge on any atom is 0.223 e. The Bertz CT molecular complexity index is 624. The van der Waals surface area contributed by atoms with E-state index in [9.17, 15) is 9.18 Å². The largest absolute Gasteiger partial charge is 0.349 e. The number of nitrogens with one attached hydrogen (secondary N) is 1. The molecule has 3 unspecified atom stereocenters. The van der Waals surface area contributed by atoms with Crippen molar-refractivity contribution in [2.45, 2.75) is 55.5 Å². The van der Waals surface area contributed by atoms with Gasteiger partial charge in [-0.15, -0.1) is 11.8 Å². The van der Waals surface area contributed by atoms with Gasteiger partial charge in [0.2, 0.25) is 5.91 Å². The van der Waals surface area contributed by atoms with E-state index in [0.717, 1.165) is 48.3 Å². The maximum atomic E-state index is 13.6. The third-order valence-electron chi connectivity index (χ3n) is 6.11.